The Morgan fingerprint density at radius 1 is 1.41 bits per heavy atom. The van der Waals surface area contributed by atoms with Crippen LogP contribution in [0, 0.1) is 6.92 Å². The van der Waals surface area contributed by atoms with Gasteiger partial charge in [0.15, 0.2) is 5.69 Å². The summed E-state index contributed by atoms with van der Waals surface area (Å²) in [5.41, 5.74) is 0.601. The molecule has 0 fully saturated rings. The van der Waals surface area contributed by atoms with Crippen molar-refractivity contribution in [1.29, 1.82) is 0 Å². The average Bonchev–Trinajstić information content (AvgIpc) is 2.47. The van der Waals surface area contributed by atoms with Crippen molar-refractivity contribution < 1.29 is 9.90 Å². The first-order valence-corrected chi connectivity index (χ1v) is 7.05. The van der Waals surface area contributed by atoms with Crippen LogP contribution in [-0.4, -0.2) is 45.9 Å². The lowest BCUT2D eigenvalue weighted by atomic mass is 10.2. The molecule has 2 rings (SSSR count). The third-order valence-electron chi connectivity index (χ3n) is 3.14. The van der Waals surface area contributed by atoms with Crippen LogP contribution in [-0.2, 0) is 0 Å². The van der Waals surface area contributed by atoms with E-state index >= 15 is 0 Å². The third kappa shape index (κ3) is 3.35. The Balaban J connectivity index is 2.52. The van der Waals surface area contributed by atoms with Crippen LogP contribution >= 0.6 is 11.6 Å². The smallest absolute Gasteiger partial charge is 0.278 e. The number of halogens is 1. The molecular weight excluding hydrogens is 306 g/mol. The molecule has 1 heterocycles. The second-order valence-electron chi connectivity index (χ2n) is 4.84. The number of nitrogens with zero attached hydrogens (tertiary/aromatic N) is 3. The van der Waals surface area contributed by atoms with Gasteiger partial charge >= 0.3 is 0 Å². The molecule has 0 radical (unpaired) electrons. The van der Waals surface area contributed by atoms with Gasteiger partial charge in [0.2, 0.25) is 5.43 Å². The van der Waals surface area contributed by atoms with Gasteiger partial charge in [-0.05, 0) is 25.1 Å². The Kier molecular flexibility index (Phi) is 4.95. The minimum Gasteiger partial charge on any atom is -0.395 e. The number of carbonyl (C=O) groups is 1. The van der Waals surface area contributed by atoms with Crippen molar-refractivity contribution in [3.05, 3.63) is 57.0 Å². The van der Waals surface area contributed by atoms with Crippen molar-refractivity contribution >= 4 is 17.5 Å². The fourth-order valence-corrected chi connectivity index (χ4v) is 2.18. The lowest BCUT2D eigenvalue weighted by molar-refractivity contribution is 0.0758. The number of hydrogen-bond acceptors (Lipinski definition) is 4. The van der Waals surface area contributed by atoms with E-state index in [9.17, 15) is 9.59 Å². The lowest BCUT2D eigenvalue weighted by Crippen LogP contribution is -2.35. The van der Waals surface area contributed by atoms with Crippen molar-refractivity contribution in [2.75, 3.05) is 20.2 Å². The fraction of sp³-hybridized carbons (Fsp3) is 0.267. The summed E-state index contributed by atoms with van der Waals surface area (Å²) >= 11 is 5.97. The van der Waals surface area contributed by atoms with Gasteiger partial charge in [-0.3, -0.25) is 9.59 Å². The van der Waals surface area contributed by atoms with Gasteiger partial charge in [0.1, 0.15) is 0 Å². The molecule has 22 heavy (non-hydrogen) atoms. The summed E-state index contributed by atoms with van der Waals surface area (Å²) < 4.78 is 1.49. The molecule has 0 spiro atoms. The van der Waals surface area contributed by atoms with Crippen molar-refractivity contribution in [1.82, 2.24) is 14.7 Å². The monoisotopic (exact) mass is 321 g/mol. The normalized spacial score (nSPS) is 10.5. The predicted octanol–water partition coefficient (Wildman–Crippen LogP) is 1.26. The Morgan fingerprint density at radius 2 is 2.14 bits per heavy atom. The zero-order valence-electron chi connectivity index (χ0n) is 12.3. The number of hydrogen-bond donors (Lipinski definition) is 1. The summed E-state index contributed by atoms with van der Waals surface area (Å²) in [7, 11) is 1.50. The number of aliphatic hydroxyl groups is 1. The minimum absolute atomic E-state index is 0.130. The number of likely N-dealkylation sites (N-methyl/N-ethyl adjacent to an activating group) is 1. The maximum Gasteiger partial charge on any atom is 0.278 e. The Morgan fingerprint density at radius 3 is 2.77 bits per heavy atom. The van der Waals surface area contributed by atoms with Gasteiger partial charge in [0.05, 0.1) is 12.3 Å². The molecule has 0 aliphatic rings. The van der Waals surface area contributed by atoms with Gasteiger partial charge < -0.3 is 10.0 Å². The molecule has 0 atom stereocenters. The third-order valence-corrected chi connectivity index (χ3v) is 3.38. The van der Waals surface area contributed by atoms with Crippen molar-refractivity contribution in [3.63, 3.8) is 0 Å². The molecule has 1 aromatic heterocycles. The SMILES string of the molecule is Cc1cc(=O)c(C(=O)N(C)CCO)nn1-c1cccc(Cl)c1. The molecule has 7 heteroatoms. The lowest BCUT2D eigenvalue weighted by Gasteiger charge is -2.16. The second kappa shape index (κ2) is 6.72. The fourth-order valence-electron chi connectivity index (χ4n) is 2.00. The Bertz CT molecular complexity index is 758. The topological polar surface area (TPSA) is 75.4 Å². The number of aryl methyl sites for hydroxylation is 1. The number of amides is 1. The predicted molar refractivity (Wildman–Crippen MR) is 83.6 cm³/mol. The van der Waals surface area contributed by atoms with E-state index in [-0.39, 0.29) is 18.8 Å². The van der Waals surface area contributed by atoms with Gasteiger partial charge in [-0.25, -0.2) is 4.68 Å². The molecule has 1 N–H and O–H groups in total. The summed E-state index contributed by atoms with van der Waals surface area (Å²) in [4.78, 5) is 25.5. The first kappa shape index (κ1) is 16.2. The molecule has 0 unspecified atom stereocenters. The highest BCUT2D eigenvalue weighted by molar-refractivity contribution is 6.30. The van der Waals surface area contributed by atoms with Crippen LogP contribution in [0.5, 0.6) is 0 Å². The Labute approximate surface area is 132 Å². The van der Waals surface area contributed by atoms with Crippen LogP contribution in [0.2, 0.25) is 5.02 Å². The van der Waals surface area contributed by atoms with E-state index in [0.717, 1.165) is 0 Å². The largest absolute Gasteiger partial charge is 0.395 e. The molecule has 116 valence electrons. The van der Waals surface area contributed by atoms with Crippen LogP contribution in [0.25, 0.3) is 5.69 Å². The van der Waals surface area contributed by atoms with Crippen LogP contribution in [0.15, 0.2) is 35.1 Å². The molecular formula is C15H16ClN3O3. The zero-order valence-corrected chi connectivity index (χ0v) is 13.0. The highest BCUT2D eigenvalue weighted by Gasteiger charge is 2.18. The molecule has 2 aromatic rings. The minimum atomic E-state index is -0.533. The summed E-state index contributed by atoms with van der Waals surface area (Å²) in [6.07, 6.45) is 0. The highest BCUT2D eigenvalue weighted by atomic mass is 35.5. The van der Waals surface area contributed by atoms with E-state index in [1.54, 1.807) is 31.2 Å². The molecule has 1 aromatic carbocycles. The molecule has 0 aliphatic heterocycles. The van der Waals surface area contributed by atoms with Crippen molar-refractivity contribution in [2.24, 2.45) is 0 Å². The standard InChI is InChI=1S/C15H16ClN3O3/c1-10-8-13(21)14(15(22)18(2)6-7-20)17-19(10)12-5-3-4-11(16)9-12/h3-5,8-9,20H,6-7H2,1-2H3. The summed E-state index contributed by atoms with van der Waals surface area (Å²) in [5, 5.41) is 13.6. The van der Waals surface area contributed by atoms with E-state index in [2.05, 4.69) is 5.10 Å². The molecule has 0 saturated heterocycles. The molecule has 6 nitrogen and oxygen atoms in total. The van der Waals surface area contributed by atoms with E-state index in [0.29, 0.717) is 16.4 Å². The number of aliphatic hydroxyl groups excluding tert-OH is 1. The first-order chi connectivity index (χ1) is 10.4. The summed E-state index contributed by atoms with van der Waals surface area (Å²) in [6, 6.07) is 8.31. The quantitative estimate of drug-likeness (QED) is 0.920. The van der Waals surface area contributed by atoms with Crippen LogP contribution in [0.1, 0.15) is 16.2 Å². The number of benzene rings is 1. The zero-order chi connectivity index (χ0) is 16.3. The van der Waals surface area contributed by atoms with Crippen molar-refractivity contribution in [2.45, 2.75) is 6.92 Å². The maximum absolute atomic E-state index is 12.2. The van der Waals surface area contributed by atoms with Crippen LogP contribution in [0.4, 0.5) is 0 Å². The van der Waals surface area contributed by atoms with E-state index in [1.165, 1.54) is 22.7 Å². The first-order valence-electron chi connectivity index (χ1n) is 6.67. The number of aromatic nitrogens is 2. The number of rotatable bonds is 4. The van der Waals surface area contributed by atoms with Gasteiger partial charge in [0, 0.05) is 30.4 Å². The van der Waals surface area contributed by atoms with E-state index in [1.807, 2.05) is 0 Å². The van der Waals surface area contributed by atoms with Gasteiger partial charge in [-0.15, -0.1) is 0 Å². The average molecular weight is 322 g/mol. The van der Waals surface area contributed by atoms with Crippen molar-refractivity contribution in [3.8, 4) is 5.69 Å². The maximum atomic E-state index is 12.2. The highest BCUT2D eigenvalue weighted by Crippen LogP contribution is 2.15. The molecule has 0 aliphatic carbocycles. The van der Waals surface area contributed by atoms with Crippen LogP contribution < -0.4 is 5.43 Å². The molecule has 0 saturated carbocycles. The number of carbonyl (C=O) groups excluding carboxylic acids is 1. The van der Waals surface area contributed by atoms with Crippen LogP contribution in [0.3, 0.4) is 0 Å². The molecule has 1 amide bonds. The van der Waals surface area contributed by atoms with Gasteiger partial charge in [-0.2, -0.15) is 5.10 Å². The Hall–Kier alpha value is -2.18. The van der Waals surface area contributed by atoms with E-state index < -0.39 is 11.3 Å². The summed E-state index contributed by atoms with van der Waals surface area (Å²) in [6.45, 7) is 1.67. The van der Waals surface area contributed by atoms with Gasteiger partial charge in [0.25, 0.3) is 5.91 Å². The van der Waals surface area contributed by atoms with Gasteiger partial charge in [-0.1, -0.05) is 17.7 Å². The van der Waals surface area contributed by atoms with E-state index in [4.69, 9.17) is 16.7 Å². The summed E-state index contributed by atoms with van der Waals surface area (Å²) in [5.74, 6) is -0.533. The second-order valence-corrected chi connectivity index (χ2v) is 5.28. The molecule has 0 bridgehead atoms.